The van der Waals surface area contributed by atoms with Gasteiger partial charge in [0.1, 0.15) is 0 Å². The maximum absolute atomic E-state index is 10.3. The molecule has 0 aromatic carbocycles. The fraction of sp³-hybridized carbons (Fsp3) is 0.929. The fourth-order valence-corrected chi connectivity index (χ4v) is 2.85. The van der Waals surface area contributed by atoms with E-state index in [1.54, 1.807) is 6.92 Å². The fourth-order valence-electron chi connectivity index (χ4n) is 2.85. The van der Waals surface area contributed by atoms with E-state index in [0.29, 0.717) is 0 Å². The number of rotatable bonds is 2. The van der Waals surface area contributed by atoms with Crippen molar-refractivity contribution in [1.29, 1.82) is 0 Å². The van der Waals surface area contributed by atoms with Crippen molar-refractivity contribution in [1.82, 2.24) is 10.6 Å². The van der Waals surface area contributed by atoms with E-state index in [1.165, 1.54) is 39.0 Å². The molecule has 1 atom stereocenters. The van der Waals surface area contributed by atoms with E-state index in [-0.39, 0.29) is 5.41 Å². The van der Waals surface area contributed by atoms with Gasteiger partial charge in [0.05, 0.1) is 5.41 Å². The second-order valence-corrected chi connectivity index (χ2v) is 6.24. The van der Waals surface area contributed by atoms with Gasteiger partial charge in [-0.3, -0.25) is 4.79 Å². The number of carboxylic acid groups (broad SMARTS) is 1. The standard InChI is InChI=1S/C8H16N2.C6H10O2/c1-2-7(4-9-3-1)8-5-10-6-8;1-6(5(7)8)3-2-4-6/h7-10H,1-6H2;2-4H2,1H3,(H,7,8). The monoisotopic (exact) mass is 254 g/mol. The molecular weight excluding hydrogens is 228 g/mol. The summed E-state index contributed by atoms with van der Waals surface area (Å²) < 4.78 is 0. The molecule has 0 aromatic heterocycles. The third-order valence-corrected chi connectivity index (χ3v) is 4.79. The number of aliphatic carboxylic acids is 1. The summed E-state index contributed by atoms with van der Waals surface area (Å²) in [4.78, 5) is 10.3. The number of nitrogens with one attached hydrogen (secondary N) is 2. The van der Waals surface area contributed by atoms with Gasteiger partial charge in [0, 0.05) is 0 Å². The quantitative estimate of drug-likeness (QED) is 0.698. The summed E-state index contributed by atoms with van der Waals surface area (Å²) in [6.07, 6.45) is 5.66. The molecule has 3 N–H and O–H groups in total. The smallest absolute Gasteiger partial charge is 0.309 e. The van der Waals surface area contributed by atoms with E-state index in [1.807, 2.05) is 0 Å². The van der Waals surface area contributed by atoms with Crippen LogP contribution in [0, 0.1) is 17.3 Å². The predicted octanol–water partition coefficient (Wildman–Crippen LogP) is 1.47. The van der Waals surface area contributed by atoms with Crippen LogP contribution in [0.1, 0.15) is 39.0 Å². The van der Waals surface area contributed by atoms with Crippen molar-refractivity contribution >= 4 is 5.97 Å². The summed E-state index contributed by atoms with van der Waals surface area (Å²) in [5.74, 6) is 1.34. The summed E-state index contributed by atoms with van der Waals surface area (Å²) in [6, 6.07) is 0. The highest BCUT2D eigenvalue weighted by molar-refractivity contribution is 5.75. The molecular formula is C14H26N2O2. The van der Waals surface area contributed by atoms with Crippen LogP contribution in [-0.2, 0) is 4.79 Å². The van der Waals surface area contributed by atoms with Gasteiger partial charge < -0.3 is 15.7 Å². The van der Waals surface area contributed by atoms with Crippen LogP contribution >= 0.6 is 0 Å². The maximum atomic E-state index is 10.3. The van der Waals surface area contributed by atoms with E-state index < -0.39 is 5.97 Å². The Morgan fingerprint density at radius 3 is 2.06 bits per heavy atom. The Balaban J connectivity index is 0.000000138. The zero-order chi connectivity index (χ0) is 13.0. The van der Waals surface area contributed by atoms with Crippen molar-refractivity contribution in [3.05, 3.63) is 0 Å². The Morgan fingerprint density at radius 2 is 1.78 bits per heavy atom. The minimum atomic E-state index is -0.635. The summed E-state index contributed by atoms with van der Waals surface area (Å²) in [5.41, 5.74) is -0.361. The molecule has 4 nitrogen and oxygen atoms in total. The Bertz CT molecular complexity index is 280. The van der Waals surface area contributed by atoms with Gasteiger partial charge in [-0.05, 0) is 70.6 Å². The first-order valence-electron chi connectivity index (χ1n) is 7.27. The first kappa shape index (κ1) is 13.8. The van der Waals surface area contributed by atoms with Crippen molar-refractivity contribution in [2.75, 3.05) is 26.2 Å². The van der Waals surface area contributed by atoms with E-state index in [0.717, 1.165) is 31.1 Å². The molecule has 0 spiro atoms. The molecule has 18 heavy (non-hydrogen) atoms. The lowest BCUT2D eigenvalue weighted by molar-refractivity contribution is -0.152. The molecule has 3 fully saturated rings. The molecule has 0 aromatic rings. The zero-order valence-corrected chi connectivity index (χ0v) is 11.4. The van der Waals surface area contributed by atoms with E-state index in [9.17, 15) is 4.79 Å². The number of carboxylic acids is 1. The molecule has 0 bridgehead atoms. The molecule has 2 saturated heterocycles. The molecule has 1 aliphatic carbocycles. The topological polar surface area (TPSA) is 61.4 Å². The molecule has 3 rings (SSSR count). The highest BCUT2D eigenvalue weighted by Crippen LogP contribution is 2.40. The molecule has 1 unspecified atom stereocenters. The van der Waals surface area contributed by atoms with E-state index in [4.69, 9.17) is 5.11 Å². The minimum Gasteiger partial charge on any atom is -0.481 e. The Hall–Kier alpha value is -0.610. The van der Waals surface area contributed by atoms with Crippen LogP contribution in [0.5, 0.6) is 0 Å². The zero-order valence-electron chi connectivity index (χ0n) is 11.4. The number of hydrogen-bond acceptors (Lipinski definition) is 3. The average molecular weight is 254 g/mol. The van der Waals surface area contributed by atoms with Crippen molar-refractivity contribution in [2.45, 2.75) is 39.0 Å². The van der Waals surface area contributed by atoms with Gasteiger partial charge in [0.25, 0.3) is 0 Å². The Morgan fingerprint density at radius 1 is 1.11 bits per heavy atom. The normalized spacial score (nSPS) is 30.4. The van der Waals surface area contributed by atoms with Crippen LogP contribution in [0.25, 0.3) is 0 Å². The van der Waals surface area contributed by atoms with E-state index in [2.05, 4.69) is 10.6 Å². The van der Waals surface area contributed by atoms with Crippen LogP contribution in [0.4, 0.5) is 0 Å². The molecule has 2 heterocycles. The number of carbonyl (C=O) groups is 1. The lowest BCUT2D eigenvalue weighted by atomic mass is 9.71. The summed E-state index contributed by atoms with van der Waals surface area (Å²) in [7, 11) is 0. The molecule has 1 saturated carbocycles. The third-order valence-electron chi connectivity index (χ3n) is 4.79. The second-order valence-electron chi connectivity index (χ2n) is 6.24. The summed E-state index contributed by atoms with van der Waals surface area (Å²) in [5, 5.41) is 15.3. The van der Waals surface area contributed by atoms with Gasteiger partial charge in [0.2, 0.25) is 0 Å². The van der Waals surface area contributed by atoms with Gasteiger partial charge in [-0.2, -0.15) is 0 Å². The van der Waals surface area contributed by atoms with E-state index >= 15 is 0 Å². The highest BCUT2D eigenvalue weighted by atomic mass is 16.4. The van der Waals surface area contributed by atoms with Crippen molar-refractivity contribution in [2.24, 2.45) is 17.3 Å². The average Bonchev–Trinajstić information content (AvgIpc) is 2.26. The molecule has 0 amide bonds. The summed E-state index contributed by atoms with van der Waals surface area (Å²) >= 11 is 0. The SMILES string of the molecule is C1CNCC(C2CNC2)C1.CC1(C(=O)O)CCC1. The van der Waals surface area contributed by atoms with Gasteiger partial charge in [-0.1, -0.05) is 6.42 Å². The number of hydrogen-bond donors (Lipinski definition) is 3. The Labute approximate surface area is 110 Å². The first-order chi connectivity index (χ1) is 8.62. The van der Waals surface area contributed by atoms with Crippen LogP contribution in [-0.4, -0.2) is 37.3 Å². The van der Waals surface area contributed by atoms with Crippen molar-refractivity contribution < 1.29 is 9.90 Å². The lowest BCUT2D eigenvalue weighted by Gasteiger charge is -2.37. The predicted molar refractivity (Wildman–Crippen MR) is 71.5 cm³/mol. The van der Waals surface area contributed by atoms with Gasteiger partial charge >= 0.3 is 5.97 Å². The van der Waals surface area contributed by atoms with Crippen LogP contribution in [0.15, 0.2) is 0 Å². The first-order valence-corrected chi connectivity index (χ1v) is 7.27. The van der Waals surface area contributed by atoms with Crippen LogP contribution in [0.2, 0.25) is 0 Å². The second kappa shape index (κ2) is 6.02. The van der Waals surface area contributed by atoms with Crippen molar-refractivity contribution in [3.8, 4) is 0 Å². The summed E-state index contributed by atoms with van der Waals surface area (Å²) in [6.45, 7) is 6.86. The van der Waals surface area contributed by atoms with Gasteiger partial charge in [-0.25, -0.2) is 0 Å². The molecule has 3 aliphatic rings. The van der Waals surface area contributed by atoms with Gasteiger partial charge in [-0.15, -0.1) is 0 Å². The highest BCUT2D eigenvalue weighted by Gasteiger charge is 2.39. The molecule has 4 heteroatoms. The largest absolute Gasteiger partial charge is 0.481 e. The Kier molecular flexibility index (Phi) is 4.62. The third kappa shape index (κ3) is 3.23. The molecule has 0 radical (unpaired) electrons. The maximum Gasteiger partial charge on any atom is 0.309 e. The lowest BCUT2D eigenvalue weighted by Crippen LogP contribution is -2.50. The number of piperidine rings is 1. The van der Waals surface area contributed by atoms with Gasteiger partial charge in [0.15, 0.2) is 0 Å². The minimum absolute atomic E-state index is 0.361. The van der Waals surface area contributed by atoms with Crippen LogP contribution < -0.4 is 10.6 Å². The van der Waals surface area contributed by atoms with Crippen molar-refractivity contribution in [3.63, 3.8) is 0 Å². The molecule has 2 aliphatic heterocycles. The molecule has 104 valence electrons. The van der Waals surface area contributed by atoms with Crippen LogP contribution in [0.3, 0.4) is 0 Å².